The molecule has 88 valence electrons. The van der Waals surface area contributed by atoms with Gasteiger partial charge in [0.15, 0.2) is 0 Å². The van der Waals surface area contributed by atoms with Gasteiger partial charge in [0.1, 0.15) is 0 Å². The molecular weight excluding hydrogens is 196 g/mol. The average Bonchev–Trinajstić information content (AvgIpc) is 2.18. The molecule has 0 aromatic rings. The quantitative estimate of drug-likeness (QED) is 0.444. The van der Waals surface area contributed by atoms with Gasteiger partial charge >= 0.3 is 5.97 Å². The fourth-order valence-electron chi connectivity index (χ4n) is 1.05. The molecule has 0 saturated carbocycles. The number of nitrogens with one attached hydrogen (secondary N) is 2. The van der Waals surface area contributed by atoms with Gasteiger partial charge in [-0.15, -0.1) is 0 Å². The van der Waals surface area contributed by atoms with Crippen molar-refractivity contribution < 1.29 is 14.3 Å². The second-order valence-corrected chi connectivity index (χ2v) is 3.11. The van der Waals surface area contributed by atoms with E-state index in [2.05, 4.69) is 10.6 Å². The number of esters is 1. The first-order valence-corrected chi connectivity index (χ1v) is 5.27. The lowest BCUT2D eigenvalue weighted by molar-refractivity contribution is -0.143. The molecule has 1 amide bonds. The van der Waals surface area contributed by atoms with Crippen molar-refractivity contribution in [1.82, 2.24) is 10.6 Å². The summed E-state index contributed by atoms with van der Waals surface area (Å²) in [5.41, 5.74) is 0. The van der Waals surface area contributed by atoms with Gasteiger partial charge in [0.05, 0.1) is 13.0 Å². The number of ether oxygens (including phenoxy) is 1. The van der Waals surface area contributed by atoms with E-state index in [1.54, 1.807) is 6.92 Å². The number of hydrogen-bond donors (Lipinski definition) is 2. The monoisotopic (exact) mass is 216 g/mol. The van der Waals surface area contributed by atoms with Crippen LogP contribution in [0.15, 0.2) is 0 Å². The molecule has 0 spiro atoms. The molecule has 0 aliphatic rings. The van der Waals surface area contributed by atoms with Gasteiger partial charge in [-0.3, -0.25) is 9.59 Å². The molecule has 0 unspecified atom stereocenters. The summed E-state index contributed by atoms with van der Waals surface area (Å²) in [7, 11) is 1.85. The minimum Gasteiger partial charge on any atom is -0.466 e. The molecule has 0 saturated heterocycles. The zero-order chi connectivity index (χ0) is 11.5. The van der Waals surface area contributed by atoms with Crippen LogP contribution < -0.4 is 10.6 Å². The minimum atomic E-state index is -0.270. The summed E-state index contributed by atoms with van der Waals surface area (Å²) in [5, 5.41) is 5.62. The first-order chi connectivity index (χ1) is 7.20. The van der Waals surface area contributed by atoms with Crippen LogP contribution in [0.2, 0.25) is 0 Å². The molecule has 5 heteroatoms. The molecule has 0 bridgehead atoms. The highest BCUT2D eigenvalue weighted by Crippen LogP contribution is 1.88. The summed E-state index contributed by atoms with van der Waals surface area (Å²) < 4.78 is 4.72. The molecule has 15 heavy (non-hydrogen) atoms. The lowest BCUT2D eigenvalue weighted by atomic mass is 10.3. The average molecular weight is 216 g/mol. The third-order valence-corrected chi connectivity index (χ3v) is 1.79. The van der Waals surface area contributed by atoms with Gasteiger partial charge < -0.3 is 15.4 Å². The summed E-state index contributed by atoms with van der Waals surface area (Å²) in [5.74, 6) is -0.289. The van der Waals surface area contributed by atoms with Crippen LogP contribution in [0, 0.1) is 0 Å². The van der Waals surface area contributed by atoms with Gasteiger partial charge in [0, 0.05) is 13.0 Å². The van der Waals surface area contributed by atoms with Crippen LogP contribution in [0.1, 0.15) is 26.2 Å². The van der Waals surface area contributed by atoms with Crippen molar-refractivity contribution in [3.63, 3.8) is 0 Å². The van der Waals surface area contributed by atoms with Gasteiger partial charge in [-0.05, 0) is 26.9 Å². The molecule has 2 N–H and O–H groups in total. The molecule has 0 radical (unpaired) electrons. The van der Waals surface area contributed by atoms with Gasteiger partial charge in [-0.1, -0.05) is 0 Å². The third-order valence-electron chi connectivity index (χ3n) is 1.79. The summed E-state index contributed by atoms with van der Waals surface area (Å²) >= 11 is 0. The zero-order valence-corrected chi connectivity index (χ0v) is 9.47. The second kappa shape index (κ2) is 9.45. The Hall–Kier alpha value is -1.10. The fraction of sp³-hybridized carbons (Fsp3) is 0.800. The highest BCUT2D eigenvalue weighted by Gasteiger charge is 2.03. The molecule has 0 aliphatic heterocycles. The molecule has 0 aliphatic carbocycles. The van der Waals surface area contributed by atoms with Crippen molar-refractivity contribution >= 4 is 11.9 Å². The maximum atomic E-state index is 11.2. The Balaban J connectivity index is 3.34. The van der Waals surface area contributed by atoms with Crippen LogP contribution in [0.4, 0.5) is 0 Å². The lowest BCUT2D eigenvalue weighted by Crippen LogP contribution is -2.27. The van der Waals surface area contributed by atoms with Crippen LogP contribution in [0.3, 0.4) is 0 Å². The molecular formula is C10H20N2O3. The number of rotatable bonds is 8. The highest BCUT2D eigenvalue weighted by molar-refractivity contribution is 5.76. The Morgan fingerprint density at radius 2 is 1.93 bits per heavy atom. The largest absolute Gasteiger partial charge is 0.466 e. The Kier molecular flexibility index (Phi) is 8.76. The first kappa shape index (κ1) is 13.9. The highest BCUT2D eigenvalue weighted by atomic mass is 16.5. The van der Waals surface area contributed by atoms with Crippen LogP contribution >= 0.6 is 0 Å². The smallest absolute Gasteiger partial charge is 0.307 e. The van der Waals surface area contributed by atoms with Crippen molar-refractivity contribution in [1.29, 1.82) is 0 Å². The summed E-state index contributed by atoms with van der Waals surface area (Å²) in [6.07, 6.45) is 1.54. The van der Waals surface area contributed by atoms with E-state index in [4.69, 9.17) is 4.74 Å². The SMILES string of the molecule is CCOC(=O)CCNC(=O)CCCNC. The van der Waals surface area contributed by atoms with Crippen molar-refractivity contribution in [2.24, 2.45) is 0 Å². The molecule has 0 rings (SSSR count). The van der Waals surface area contributed by atoms with E-state index in [0.29, 0.717) is 19.6 Å². The third kappa shape index (κ3) is 9.21. The Labute approximate surface area is 90.6 Å². The van der Waals surface area contributed by atoms with E-state index in [1.165, 1.54) is 0 Å². The van der Waals surface area contributed by atoms with Crippen molar-refractivity contribution in [3.05, 3.63) is 0 Å². The Morgan fingerprint density at radius 1 is 1.20 bits per heavy atom. The molecule has 0 aromatic heterocycles. The van der Waals surface area contributed by atoms with Gasteiger partial charge in [0.2, 0.25) is 5.91 Å². The number of amides is 1. The van der Waals surface area contributed by atoms with E-state index in [1.807, 2.05) is 7.05 Å². The van der Waals surface area contributed by atoms with Crippen LogP contribution in [0.5, 0.6) is 0 Å². The van der Waals surface area contributed by atoms with E-state index >= 15 is 0 Å². The van der Waals surface area contributed by atoms with Crippen molar-refractivity contribution in [2.75, 3.05) is 26.7 Å². The molecule has 5 nitrogen and oxygen atoms in total. The molecule has 0 atom stereocenters. The summed E-state index contributed by atoms with van der Waals surface area (Å²) in [6, 6.07) is 0. The van der Waals surface area contributed by atoms with E-state index in [-0.39, 0.29) is 18.3 Å². The van der Waals surface area contributed by atoms with Crippen LogP contribution in [-0.4, -0.2) is 38.6 Å². The predicted molar refractivity (Wildman–Crippen MR) is 57.4 cm³/mol. The fourth-order valence-corrected chi connectivity index (χ4v) is 1.05. The van der Waals surface area contributed by atoms with Gasteiger partial charge in [-0.25, -0.2) is 0 Å². The Bertz CT molecular complexity index is 195. The zero-order valence-electron chi connectivity index (χ0n) is 9.47. The number of hydrogen-bond acceptors (Lipinski definition) is 4. The lowest BCUT2D eigenvalue weighted by Gasteiger charge is -2.04. The number of carbonyl (C=O) groups is 2. The summed E-state index contributed by atoms with van der Waals surface area (Å²) in [6.45, 7) is 3.33. The van der Waals surface area contributed by atoms with Gasteiger partial charge in [-0.2, -0.15) is 0 Å². The van der Waals surface area contributed by atoms with Gasteiger partial charge in [0.25, 0.3) is 0 Å². The summed E-state index contributed by atoms with van der Waals surface area (Å²) in [4.78, 5) is 22.1. The van der Waals surface area contributed by atoms with Crippen molar-refractivity contribution in [2.45, 2.75) is 26.2 Å². The van der Waals surface area contributed by atoms with Crippen LogP contribution in [-0.2, 0) is 14.3 Å². The standard InChI is InChI=1S/C10H20N2O3/c1-3-15-10(14)6-8-12-9(13)5-4-7-11-2/h11H,3-8H2,1-2H3,(H,12,13). The molecule has 0 heterocycles. The predicted octanol–water partition coefficient (Wildman–Crippen LogP) is 0.0554. The minimum absolute atomic E-state index is 0.0189. The van der Waals surface area contributed by atoms with E-state index in [9.17, 15) is 9.59 Å². The second-order valence-electron chi connectivity index (χ2n) is 3.11. The topological polar surface area (TPSA) is 67.4 Å². The number of carbonyl (C=O) groups excluding carboxylic acids is 2. The normalized spacial score (nSPS) is 9.73. The van der Waals surface area contributed by atoms with Crippen molar-refractivity contribution in [3.8, 4) is 0 Å². The Morgan fingerprint density at radius 3 is 2.53 bits per heavy atom. The van der Waals surface area contributed by atoms with Crippen LogP contribution in [0.25, 0.3) is 0 Å². The van der Waals surface area contributed by atoms with E-state index in [0.717, 1.165) is 13.0 Å². The maximum Gasteiger partial charge on any atom is 0.307 e. The van der Waals surface area contributed by atoms with E-state index < -0.39 is 0 Å². The first-order valence-electron chi connectivity index (χ1n) is 5.27. The molecule has 0 fully saturated rings. The maximum absolute atomic E-state index is 11.2. The molecule has 0 aromatic carbocycles.